The van der Waals surface area contributed by atoms with Crippen LogP contribution in [0.5, 0.6) is 0 Å². The maximum Gasteiger partial charge on any atom is 0.261 e. The third-order valence-electron chi connectivity index (χ3n) is 6.21. The van der Waals surface area contributed by atoms with Gasteiger partial charge in [-0.05, 0) is 26.4 Å². The summed E-state index contributed by atoms with van der Waals surface area (Å²) in [5.41, 5.74) is 0. The first kappa shape index (κ1) is 24.1. The van der Waals surface area contributed by atoms with E-state index in [1.54, 1.807) is 0 Å². The van der Waals surface area contributed by atoms with Crippen LogP contribution in [0.2, 0.25) is 10.1 Å². The van der Waals surface area contributed by atoms with Crippen molar-refractivity contribution in [3.05, 3.63) is 60.7 Å². The molecule has 2 atom stereocenters. The molecule has 3 rings (SSSR count). The van der Waals surface area contributed by atoms with Crippen molar-refractivity contribution >= 4 is 34.2 Å². The van der Waals surface area contributed by atoms with Crippen molar-refractivity contribution in [2.24, 2.45) is 11.8 Å². The first-order chi connectivity index (χ1) is 14.5. The van der Waals surface area contributed by atoms with Crippen molar-refractivity contribution < 1.29 is 13.6 Å². The Kier molecular flexibility index (Phi) is 7.41. The molecular weight excluding hydrogens is 416 g/mol. The monoisotopic (exact) mass is 454 g/mol. The minimum atomic E-state index is -2.55. The van der Waals surface area contributed by atoms with Crippen molar-refractivity contribution in [1.29, 1.82) is 0 Å². The fraction of sp³-hybridized carbons (Fsp3) is 0.500. The highest BCUT2D eigenvalue weighted by Crippen LogP contribution is 2.39. The highest BCUT2D eigenvalue weighted by Gasteiger charge is 2.51. The van der Waals surface area contributed by atoms with Crippen LogP contribution >= 0.6 is 0 Å². The lowest BCUT2D eigenvalue weighted by molar-refractivity contribution is -0.137. The predicted octanol–water partition coefficient (Wildman–Crippen LogP) is 4.09. The zero-order valence-electron chi connectivity index (χ0n) is 20.0. The van der Waals surface area contributed by atoms with Crippen LogP contribution in [-0.2, 0) is 13.6 Å². The molecule has 2 aromatic rings. The van der Waals surface area contributed by atoms with Gasteiger partial charge in [0.05, 0.1) is 0 Å². The van der Waals surface area contributed by atoms with Crippen LogP contribution in [0.15, 0.2) is 60.7 Å². The third kappa shape index (κ3) is 5.45. The number of ketones is 1. The molecule has 3 nitrogen and oxygen atoms in total. The molecule has 0 radical (unpaired) electrons. The Bertz CT molecular complexity index is 814. The highest BCUT2D eigenvalue weighted by molar-refractivity contribution is 6.99. The second-order valence-electron chi connectivity index (χ2n) is 11.1. The third-order valence-corrected chi connectivity index (χ3v) is 12.5. The quantitative estimate of drug-likeness (QED) is 0.564. The van der Waals surface area contributed by atoms with Crippen LogP contribution in [0.4, 0.5) is 0 Å². The Balaban J connectivity index is 1.84. The molecule has 1 aliphatic rings. The summed E-state index contributed by atoms with van der Waals surface area (Å²) < 4.78 is 13.1. The SMILES string of the molecule is CC(C)(C)[SiH2]OC[C@H]1C(=O)C[C@@H]1CO[Si](c1ccccc1)(c1ccccc1)C(C)(C)C. The molecule has 0 unspecified atom stereocenters. The molecule has 0 heterocycles. The van der Waals surface area contributed by atoms with E-state index >= 15 is 0 Å². The van der Waals surface area contributed by atoms with Crippen LogP contribution in [0.25, 0.3) is 0 Å². The maximum absolute atomic E-state index is 12.3. The first-order valence-corrected chi connectivity index (χ1v) is 14.6. The molecule has 0 aliphatic heterocycles. The van der Waals surface area contributed by atoms with Gasteiger partial charge in [0, 0.05) is 25.6 Å². The number of hydrogen-bond donors (Lipinski definition) is 0. The van der Waals surface area contributed by atoms with E-state index in [9.17, 15) is 4.79 Å². The number of hydrogen-bond acceptors (Lipinski definition) is 3. The minimum absolute atomic E-state index is 0.00642. The van der Waals surface area contributed by atoms with Crippen molar-refractivity contribution in [3.63, 3.8) is 0 Å². The summed E-state index contributed by atoms with van der Waals surface area (Å²) in [7, 11) is -3.20. The van der Waals surface area contributed by atoms with E-state index in [1.165, 1.54) is 10.4 Å². The Morgan fingerprint density at radius 2 is 1.39 bits per heavy atom. The smallest absolute Gasteiger partial charge is 0.261 e. The zero-order valence-corrected chi connectivity index (χ0v) is 22.4. The standard InChI is InChI=1S/C26H38O3Si2/c1-25(2,3)30-28-19-23-20(17-24(23)27)18-29-31(26(4,5)6,21-13-9-7-10-14-21)22-15-11-8-12-16-22/h7-16,20,23H,17-19,30H2,1-6H3/t20-,23-/m1/s1. The zero-order chi connectivity index (χ0) is 22.7. The van der Waals surface area contributed by atoms with E-state index in [1.807, 2.05) is 0 Å². The number of rotatable bonds is 8. The first-order valence-electron chi connectivity index (χ1n) is 11.4. The van der Waals surface area contributed by atoms with Gasteiger partial charge in [-0.3, -0.25) is 4.79 Å². The van der Waals surface area contributed by atoms with E-state index in [2.05, 4.69) is 102 Å². The second-order valence-corrected chi connectivity index (χ2v) is 18.2. The summed E-state index contributed by atoms with van der Waals surface area (Å²) in [5, 5.41) is 2.77. The topological polar surface area (TPSA) is 35.5 Å². The molecule has 168 valence electrons. The maximum atomic E-state index is 12.3. The second kappa shape index (κ2) is 9.53. The molecule has 0 spiro atoms. The van der Waals surface area contributed by atoms with Crippen LogP contribution in [0, 0.1) is 11.8 Å². The van der Waals surface area contributed by atoms with Gasteiger partial charge in [-0.2, -0.15) is 0 Å². The lowest BCUT2D eigenvalue weighted by Gasteiger charge is -2.45. The summed E-state index contributed by atoms with van der Waals surface area (Å²) >= 11 is 0. The molecule has 1 aliphatic carbocycles. The molecule has 5 heteroatoms. The summed E-state index contributed by atoms with van der Waals surface area (Å²) in [6.07, 6.45) is 0.614. The minimum Gasteiger partial charge on any atom is -0.423 e. The van der Waals surface area contributed by atoms with Crippen molar-refractivity contribution in [2.75, 3.05) is 13.2 Å². The molecule has 0 amide bonds. The van der Waals surface area contributed by atoms with Gasteiger partial charge in [0.15, 0.2) is 9.76 Å². The Morgan fingerprint density at radius 1 is 0.871 bits per heavy atom. The van der Waals surface area contributed by atoms with Gasteiger partial charge >= 0.3 is 0 Å². The van der Waals surface area contributed by atoms with E-state index in [0.29, 0.717) is 25.4 Å². The fourth-order valence-corrected chi connectivity index (χ4v) is 10.1. The van der Waals surface area contributed by atoms with Gasteiger partial charge in [-0.15, -0.1) is 0 Å². The van der Waals surface area contributed by atoms with Crippen molar-refractivity contribution in [1.82, 2.24) is 0 Å². The van der Waals surface area contributed by atoms with Crippen molar-refractivity contribution in [2.45, 2.75) is 58.0 Å². The van der Waals surface area contributed by atoms with E-state index in [4.69, 9.17) is 8.85 Å². The van der Waals surface area contributed by atoms with Gasteiger partial charge in [0.2, 0.25) is 0 Å². The highest BCUT2D eigenvalue weighted by atomic mass is 28.4. The fourth-order valence-electron chi connectivity index (χ4n) is 4.54. The van der Waals surface area contributed by atoms with Crippen molar-refractivity contribution in [3.8, 4) is 0 Å². The van der Waals surface area contributed by atoms with Gasteiger partial charge in [0.25, 0.3) is 8.32 Å². The lowest BCUT2D eigenvalue weighted by atomic mass is 9.73. The Labute approximate surface area is 191 Å². The molecule has 2 aromatic carbocycles. The van der Waals surface area contributed by atoms with Crippen LogP contribution in [0.3, 0.4) is 0 Å². The van der Waals surface area contributed by atoms with Gasteiger partial charge in [-0.1, -0.05) is 102 Å². The Hall–Kier alpha value is -1.54. The average molecular weight is 455 g/mol. The van der Waals surface area contributed by atoms with Crippen LogP contribution < -0.4 is 10.4 Å². The molecule has 1 saturated carbocycles. The van der Waals surface area contributed by atoms with Crippen LogP contribution in [0.1, 0.15) is 48.0 Å². The summed E-state index contributed by atoms with van der Waals surface area (Å²) in [6.45, 7) is 14.7. The molecular formula is C26H38O3Si2. The lowest BCUT2D eigenvalue weighted by Crippen LogP contribution is -2.67. The Morgan fingerprint density at radius 3 is 1.81 bits per heavy atom. The number of Topliss-reactive ketones (excluding diaryl/α,β-unsaturated/α-hetero) is 1. The van der Waals surface area contributed by atoms with Gasteiger partial charge < -0.3 is 8.85 Å². The normalized spacial score (nSPS) is 20.3. The molecule has 0 saturated heterocycles. The molecule has 1 fully saturated rings. The number of carbonyl (C=O) groups excluding carboxylic acids is 1. The molecule has 0 bridgehead atoms. The molecule has 0 aromatic heterocycles. The van der Waals surface area contributed by atoms with Crippen LogP contribution in [-0.4, -0.2) is 37.1 Å². The van der Waals surface area contributed by atoms with Gasteiger partial charge in [0.1, 0.15) is 5.78 Å². The molecule has 0 N–H and O–H groups in total. The summed E-state index contributed by atoms with van der Waals surface area (Å²) in [4.78, 5) is 12.3. The number of carbonyl (C=O) groups is 1. The number of benzene rings is 2. The largest absolute Gasteiger partial charge is 0.423 e. The average Bonchev–Trinajstić information content (AvgIpc) is 2.70. The summed E-state index contributed by atoms with van der Waals surface area (Å²) in [5.74, 6) is 0.579. The predicted molar refractivity (Wildman–Crippen MR) is 134 cm³/mol. The van der Waals surface area contributed by atoms with E-state index in [-0.39, 0.29) is 21.9 Å². The molecule has 31 heavy (non-hydrogen) atoms. The van der Waals surface area contributed by atoms with E-state index in [0.717, 1.165) is 0 Å². The van der Waals surface area contributed by atoms with Gasteiger partial charge in [-0.25, -0.2) is 0 Å². The van der Waals surface area contributed by atoms with E-state index < -0.39 is 18.1 Å². The summed E-state index contributed by atoms with van der Waals surface area (Å²) in [6, 6.07) is 21.4.